The maximum atomic E-state index is 14.7. The van der Waals surface area contributed by atoms with Gasteiger partial charge in [-0.3, -0.25) is 14.6 Å². The molecule has 0 saturated heterocycles. The van der Waals surface area contributed by atoms with E-state index in [1.165, 1.54) is 22.3 Å². The van der Waals surface area contributed by atoms with Gasteiger partial charge in [-0.05, 0) is 61.1 Å². The summed E-state index contributed by atoms with van der Waals surface area (Å²) in [6.45, 7) is 1.74. The Balaban J connectivity index is 1.73. The van der Waals surface area contributed by atoms with Gasteiger partial charge < -0.3 is 10.6 Å². The predicted octanol–water partition coefficient (Wildman–Crippen LogP) is 3.78. The average molecular weight is 457 g/mol. The van der Waals surface area contributed by atoms with Gasteiger partial charge in [0.05, 0.1) is 22.4 Å². The van der Waals surface area contributed by atoms with Gasteiger partial charge in [0.15, 0.2) is 6.04 Å². The smallest absolute Gasteiger partial charge is 0.267 e. The summed E-state index contributed by atoms with van der Waals surface area (Å²) >= 11 is 7.39. The van der Waals surface area contributed by atoms with E-state index in [4.69, 9.17) is 17.3 Å². The van der Waals surface area contributed by atoms with E-state index in [1.807, 2.05) is 0 Å². The second-order valence-corrected chi connectivity index (χ2v) is 9.24. The van der Waals surface area contributed by atoms with Crippen LogP contribution in [-0.4, -0.2) is 26.7 Å². The minimum absolute atomic E-state index is 0.0294. The quantitative estimate of drug-likeness (QED) is 0.632. The lowest BCUT2D eigenvalue weighted by Crippen LogP contribution is -2.48. The maximum Gasteiger partial charge on any atom is 0.267 e. The minimum Gasteiger partial charge on any atom is -0.368 e. The Bertz CT molecular complexity index is 1220. The Labute approximate surface area is 186 Å². The molecule has 2 aromatic heterocycles. The summed E-state index contributed by atoms with van der Waals surface area (Å²) in [4.78, 5) is 37.0. The van der Waals surface area contributed by atoms with Gasteiger partial charge in [-0.2, -0.15) is 0 Å². The van der Waals surface area contributed by atoms with Crippen molar-refractivity contribution in [2.24, 2.45) is 11.7 Å². The SMILES string of the molecule is Cc1ncsc1C(=O)N([C@@H](C(N)=O)c1ccccn1)C12C[C@@H]1Cc1c(F)cc(Cl)cc12. The number of hydrogen-bond acceptors (Lipinski definition) is 5. The molecule has 2 aliphatic rings. The van der Waals surface area contributed by atoms with E-state index in [1.54, 1.807) is 42.9 Å². The van der Waals surface area contributed by atoms with Gasteiger partial charge in [0.2, 0.25) is 5.91 Å². The van der Waals surface area contributed by atoms with Crippen LogP contribution in [0.1, 0.15) is 44.6 Å². The summed E-state index contributed by atoms with van der Waals surface area (Å²) in [5, 5.41) is 0.248. The van der Waals surface area contributed by atoms with Gasteiger partial charge in [-0.15, -0.1) is 11.3 Å². The average Bonchev–Trinajstić information content (AvgIpc) is 3.12. The number of benzene rings is 1. The molecule has 5 rings (SSSR count). The summed E-state index contributed by atoms with van der Waals surface area (Å²) in [6.07, 6.45) is 2.62. The van der Waals surface area contributed by atoms with Gasteiger partial charge in [-0.1, -0.05) is 17.7 Å². The Morgan fingerprint density at radius 2 is 2.16 bits per heavy atom. The van der Waals surface area contributed by atoms with Crippen molar-refractivity contribution in [1.29, 1.82) is 0 Å². The molecule has 1 saturated carbocycles. The molecule has 2 heterocycles. The normalized spacial score (nSPS) is 21.8. The van der Waals surface area contributed by atoms with Crippen LogP contribution in [0.25, 0.3) is 0 Å². The molecule has 1 fully saturated rings. The van der Waals surface area contributed by atoms with Crippen LogP contribution in [0.4, 0.5) is 4.39 Å². The number of carbonyl (C=O) groups is 2. The first-order valence-electron chi connectivity index (χ1n) is 9.77. The highest BCUT2D eigenvalue weighted by Crippen LogP contribution is 2.66. The molecule has 3 aromatic rings. The zero-order valence-corrected chi connectivity index (χ0v) is 18.1. The van der Waals surface area contributed by atoms with E-state index in [2.05, 4.69) is 9.97 Å². The molecule has 0 radical (unpaired) electrons. The molecule has 2 amide bonds. The van der Waals surface area contributed by atoms with Crippen LogP contribution < -0.4 is 5.73 Å². The van der Waals surface area contributed by atoms with Crippen LogP contribution in [0.2, 0.25) is 5.02 Å². The lowest BCUT2D eigenvalue weighted by atomic mass is 9.97. The lowest BCUT2D eigenvalue weighted by molar-refractivity contribution is -0.124. The number of aromatic nitrogens is 2. The number of carbonyl (C=O) groups excluding carboxylic acids is 2. The van der Waals surface area contributed by atoms with Gasteiger partial charge >= 0.3 is 0 Å². The van der Waals surface area contributed by atoms with Gasteiger partial charge in [-0.25, -0.2) is 9.37 Å². The molecular formula is C22H18ClFN4O2S. The number of fused-ring (bicyclic) bond motifs is 3. The van der Waals surface area contributed by atoms with Crippen molar-refractivity contribution in [3.05, 3.63) is 80.3 Å². The summed E-state index contributed by atoms with van der Waals surface area (Å²) < 4.78 is 14.7. The third kappa shape index (κ3) is 2.96. The summed E-state index contributed by atoms with van der Waals surface area (Å²) in [5.41, 5.74) is 8.65. The van der Waals surface area contributed by atoms with Crippen LogP contribution >= 0.6 is 22.9 Å². The number of nitrogens with two attached hydrogens (primary N) is 1. The van der Waals surface area contributed by atoms with Crippen molar-refractivity contribution >= 4 is 34.8 Å². The van der Waals surface area contributed by atoms with Crippen LogP contribution in [-0.2, 0) is 16.8 Å². The molecule has 0 aliphatic heterocycles. The zero-order valence-electron chi connectivity index (χ0n) is 16.5. The number of aryl methyl sites for hydroxylation is 1. The first kappa shape index (κ1) is 20.1. The van der Waals surface area contributed by atoms with Crippen molar-refractivity contribution in [3.8, 4) is 0 Å². The molecule has 0 bridgehead atoms. The van der Waals surface area contributed by atoms with Crippen LogP contribution in [0, 0.1) is 18.7 Å². The second-order valence-electron chi connectivity index (χ2n) is 7.94. The highest BCUT2D eigenvalue weighted by Gasteiger charge is 2.67. The topological polar surface area (TPSA) is 89.2 Å². The molecule has 3 atom stereocenters. The lowest BCUT2D eigenvalue weighted by Gasteiger charge is -2.37. The van der Waals surface area contributed by atoms with Crippen molar-refractivity contribution < 1.29 is 14.0 Å². The highest BCUT2D eigenvalue weighted by molar-refractivity contribution is 7.11. The molecule has 1 aromatic carbocycles. The first-order valence-corrected chi connectivity index (χ1v) is 11.0. The number of rotatable bonds is 5. The zero-order chi connectivity index (χ0) is 21.9. The fourth-order valence-electron chi connectivity index (χ4n) is 4.84. The van der Waals surface area contributed by atoms with Crippen LogP contribution in [0.5, 0.6) is 0 Å². The Morgan fingerprint density at radius 1 is 1.35 bits per heavy atom. The van der Waals surface area contributed by atoms with Crippen LogP contribution in [0.15, 0.2) is 42.0 Å². The molecule has 158 valence electrons. The fourth-order valence-corrected chi connectivity index (χ4v) is 5.79. The number of halogens is 2. The maximum absolute atomic E-state index is 14.7. The number of primary amides is 1. The molecular weight excluding hydrogens is 439 g/mol. The monoisotopic (exact) mass is 456 g/mol. The Morgan fingerprint density at radius 3 is 2.81 bits per heavy atom. The number of pyridine rings is 1. The summed E-state index contributed by atoms with van der Waals surface area (Å²) in [7, 11) is 0. The summed E-state index contributed by atoms with van der Waals surface area (Å²) in [6, 6.07) is 6.98. The fraction of sp³-hybridized carbons (Fsp3) is 0.273. The first-order chi connectivity index (χ1) is 14.8. The van der Waals surface area contributed by atoms with Gasteiger partial charge in [0.1, 0.15) is 10.7 Å². The third-order valence-electron chi connectivity index (χ3n) is 6.23. The molecule has 31 heavy (non-hydrogen) atoms. The van der Waals surface area contributed by atoms with E-state index in [9.17, 15) is 14.0 Å². The third-order valence-corrected chi connectivity index (χ3v) is 7.37. The standard InChI is InChI=1S/C22H18ClFN4O2S/c1-11-19(31-10-27-11)21(30)28(18(20(25)29)17-4-2-3-5-26-17)22-9-12(22)6-14-15(22)7-13(23)8-16(14)24/h2-5,7-8,10,12,18H,6,9H2,1H3,(H2,25,29)/t12-,18+,22?/m0/s1. The predicted molar refractivity (Wildman–Crippen MR) is 114 cm³/mol. The number of nitrogens with zero attached hydrogens (tertiary/aromatic N) is 3. The molecule has 1 unspecified atom stereocenters. The number of thiazole rings is 1. The van der Waals surface area contributed by atoms with E-state index in [-0.39, 0.29) is 16.8 Å². The van der Waals surface area contributed by atoms with E-state index in [0.717, 1.165) is 0 Å². The van der Waals surface area contributed by atoms with Gasteiger partial charge in [0, 0.05) is 11.2 Å². The number of hydrogen-bond donors (Lipinski definition) is 1. The van der Waals surface area contributed by atoms with Crippen molar-refractivity contribution in [1.82, 2.24) is 14.9 Å². The second kappa shape index (κ2) is 7.10. The molecule has 6 nitrogen and oxygen atoms in total. The van der Waals surface area contributed by atoms with Crippen molar-refractivity contribution in [3.63, 3.8) is 0 Å². The van der Waals surface area contributed by atoms with Crippen molar-refractivity contribution in [2.45, 2.75) is 31.3 Å². The highest BCUT2D eigenvalue weighted by atomic mass is 35.5. The van der Waals surface area contributed by atoms with E-state index >= 15 is 0 Å². The minimum atomic E-state index is -1.12. The van der Waals surface area contributed by atoms with Crippen LogP contribution in [0.3, 0.4) is 0 Å². The number of amides is 2. The van der Waals surface area contributed by atoms with Crippen molar-refractivity contribution in [2.75, 3.05) is 0 Å². The van der Waals surface area contributed by atoms with E-state index < -0.39 is 23.3 Å². The molecule has 2 N–H and O–H groups in total. The molecule has 2 aliphatic carbocycles. The summed E-state index contributed by atoms with van der Waals surface area (Å²) in [5.74, 6) is -1.50. The Kier molecular flexibility index (Phi) is 4.60. The Hall–Kier alpha value is -2.84. The largest absolute Gasteiger partial charge is 0.368 e. The van der Waals surface area contributed by atoms with E-state index in [0.29, 0.717) is 40.2 Å². The molecule has 0 spiro atoms. The molecule has 9 heteroatoms. The van der Waals surface area contributed by atoms with Gasteiger partial charge in [0.25, 0.3) is 5.91 Å².